The monoisotopic (exact) mass is 210 g/mol. The van der Waals surface area contributed by atoms with Crippen LogP contribution >= 0.6 is 0 Å². The molecule has 0 N–H and O–H groups in total. The second-order valence-corrected chi connectivity index (χ2v) is 4.27. The standard InChI is InChI=1S/C12H18O3/c1-5-12(2,3)11(13)10-7-6-9(15-10)8-14-4/h6-7H,5,8H2,1-4H3. The van der Waals surface area contributed by atoms with Crippen molar-refractivity contribution in [1.82, 2.24) is 0 Å². The lowest BCUT2D eigenvalue weighted by Gasteiger charge is -2.18. The lowest BCUT2D eigenvalue weighted by atomic mass is 9.84. The van der Waals surface area contributed by atoms with Crippen LogP contribution in [0.3, 0.4) is 0 Å². The summed E-state index contributed by atoms with van der Waals surface area (Å²) in [6.07, 6.45) is 0.798. The fourth-order valence-electron chi connectivity index (χ4n) is 1.21. The number of methoxy groups -OCH3 is 1. The molecule has 0 saturated heterocycles. The van der Waals surface area contributed by atoms with E-state index in [1.165, 1.54) is 0 Å². The van der Waals surface area contributed by atoms with Gasteiger partial charge in [-0.1, -0.05) is 20.8 Å². The molecule has 0 fully saturated rings. The van der Waals surface area contributed by atoms with Gasteiger partial charge in [-0.2, -0.15) is 0 Å². The first-order chi connectivity index (χ1) is 7.01. The van der Waals surface area contributed by atoms with Gasteiger partial charge in [0.1, 0.15) is 12.4 Å². The summed E-state index contributed by atoms with van der Waals surface area (Å²) in [4.78, 5) is 12.0. The minimum absolute atomic E-state index is 0.0485. The van der Waals surface area contributed by atoms with E-state index in [2.05, 4.69) is 0 Å². The third-order valence-corrected chi connectivity index (χ3v) is 2.67. The fourth-order valence-corrected chi connectivity index (χ4v) is 1.21. The Bertz CT molecular complexity index is 336. The largest absolute Gasteiger partial charge is 0.455 e. The number of hydrogen-bond acceptors (Lipinski definition) is 3. The predicted octanol–water partition coefficient (Wildman–Crippen LogP) is 3.04. The molecule has 0 amide bonds. The van der Waals surface area contributed by atoms with Gasteiger partial charge in [-0.25, -0.2) is 0 Å². The summed E-state index contributed by atoms with van der Waals surface area (Å²) in [7, 11) is 1.60. The second-order valence-electron chi connectivity index (χ2n) is 4.27. The van der Waals surface area contributed by atoms with Crippen LogP contribution in [0.2, 0.25) is 0 Å². The Kier molecular flexibility index (Phi) is 3.69. The van der Waals surface area contributed by atoms with Crippen LogP contribution in [0.1, 0.15) is 43.5 Å². The number of ether oxygens (including phenoxy) is 1. The van der Waals surface area contributed by atoms with Gasteiger partial charge in [-0.05, 0) is 18.6 Å². The normalized spacial score (nSPS) is 11.7. The maximum Gasteiger partial charge on any atom is 0.203 e. The van der Waals surface area contributed by atoms with E-state index in [1.807, 2.05) is 20.8 Å². The predicted molar refractivity (Wildman–Crippen MR) is 57.8 cm³/mol. The molecule has 1 heterocycles. The maximum atomic E-state index is 12.0. The Balaban J connectivity index is 2.83. The zero-order valence-corrected chi connectivity index (χ0v) is 9.79. The molecule has 0 aliphatic heterocycles. The minimum Gasteiger partial charge on any atom is -0.455 e. The Morgan fingerprint density at radius 1 is 1.47 bits per heavy atom. The van der Waals surface area contributed by atoms with Crippen molar-refractivity contribution in [3.8, 4) is 0 Å². The average Bonchev–Trinajstić information content (AvgIpc) is 2.66. The fraction of sp³-hybridized carbons (Fsp3) is 0.583. The van der Waals surface area contributed by atoms with Crippen molar-refractivity contribution in [1.29, 1.82) is 0 Å². The molecule has 1 rings (SSSR count). The van der Waals surface area contributed by atoms with Gasteiger partial charge in [0, 0.05) is 12.5 Å². The number of carbonyl (C=O) groups excluding carboxylic acids is 1. The van der Waals surface area contributed by atoms with Gasteiger partial charge < -0.3 is 9.15 Å². The molecule has 0 radical (unpaired) electrons. The Morgan fingerprint density at radius 2 is 2.13 bits per heavy atom. The third kappa shape index (κ3) is 2.69. The smallest absolute Gasteiger partial charge is 0.203 e. The van der Waals surface area contributed by atoms with Crippen LogP contribution in [0.4, 0.5) is 0 Å². The lowest BCUT2D eigenvalue weighted by Crippen LogP contribution is -2.22. The molecule has 84 valence electrons. The summed E-state index contributed by atoms with van der Waals surface area (Å²) >= 11 is 0. The van der Waals surface area contributed by atoms with E-state index in [4.69, 9.17) is 9.15 Å². The van der Waals surface area contributed by atoms with E-state index < -0.39 is 0 Å². The highest BCUT2D eigenvalue weighted by Crippen LogP contribution is 2.26. The molecule has 1 aromatic rings. The molecule has 0 aliphatic rings. The second kappa shape index (κ2) is 4.62. The number of furan rings is 1. The van der Waals surface area contributed by atoms with Gasteiger partial charge in [0.15, 0.2) is 5.76 Å². The van der Waals surface area contributed by atoms with Crippen molar-refractivity contribution in [3.63, 3.8) is 0 Å². The topological polar surface area (TPSA) is 39.4 Å². The van der Waals surface area contributed by atoms with Gasteiger partial charge in [-0.15, -0.1) is 0 Å². The van der Waals surface area contributed by atoms with Crippen molar-refractivity contribution in [2.45, 2.75) is 33.8 Å². The summed E-state index contributed by atoms with van der Waals surface area (Å²) in [5.41, 5.74) is -0.359. The molecule has 0 bridgehead atoms. The molecular formula is C12H18O3. The van der Waals surface area contributed by atoms with Crippen molar-refractivity contribution in [2.75, 3.05) is 7.11 Å². The zero-order chi connectivity index (χ0) is 11.5. The molecular weight excluding hydrogens is 192 g/mol. The van der Waals surface area contributed by atoms with Crippen molar-refractivity contribution < 1.29 is 13.9 Å². The SMILES string of the molecule is CCC(C)(C)C(=O)c1ccc(COC)o1. The van der Waals surface area contributed by atoms with E-state index >= 15 is 0 Å². The molecule has 0 aromatic carbocycles. The van der Waals surface area contributed by atoms with Gasteiger partial charge >= 0.3 is 0 Å². The highest BCUT2D eigenvalue weighted by Gasteiger charge is 2.28. The molecule has 0 atom stereocenters. The quantitative estimate of drug-likeness (QED) is 0.701. The molecule has 1 aromatic heterocycles. The summed E-state index contributed by atoms with van der Waals surface area (Å²) < 4.78 is 10.3. The number of hydrogen-bond donors (Lipinski definition) is 0. The highest BCUT2D eigenvalue weighted by molar-refractivity contribution is 5.97. The Labute approximate surface area is 90.4 Å². The van der Waals surface area contributed by atoms with Gasteiger partial charge in [0.25, 0.3) is 0 Å². The Hall–Kier alpha value is -1.09. The van der Waals surface area contributed by atoms with E-state index in [1.54, 1.807) is 19.2 Å². The summed E-state index contributed by atoms with van der Waals surface area (Å²) in [6.45, 7) is 6.25. The molecule has 0 unspecified atom stereocenters. The van der Waals surface area contributed by atoms with Gasteiger partial charge in [0.05, 0.1) is 0 Å². The Morgan fingerprint density at radius 3 is 2.67 bits per heavy atom. The van der Waals surface area contributed by atoms with Crippen molar-refractivity contribution in [3.05, 3.63) is 23.7 Å². The molecule has 3 nitrogen and oxygen atoms in total. The third-order valence-electron chi connectivity index (χ3n) is 2.67. The maximum absolute atomic E-state index is 12.0. The summed E-state index contributed by atoms with van der Waals surface area (Å²) in [5.74, 6) is 1.16. The molecule has 0 saturated carbocycles. The van der Waals surface area contributed by atoms with Crippen LogP contribution < -0.4 is 0 Å². The first-order valence-corrected chi connectivity index (χ1v) is 5.13. The summed E-state index contributed by atoms with van der Waals surface area (Å²) in [6, 6.07) is 3.50. The molecule has 0 aliphatic carbocycles. The van der Waals surface area contributed by atoms with E-state index in [9.17, 15) is 4.79 Å². The van der Waals surface area contributed by atoms with Crippen molar-refractivity contribution >= 4 is 5.78 Å². The highest BCUT2D eigenvalue weighted by atomic mass is 16.5. The van der Waals surface area contributed by atoms with Crippen LogP contribution in [0, 0.1) is 5.41 Å². The van der Waals surface area contributed by atoms with Crippen LogP contribution in [0.25, 0.3) is 0 Å². The van der Waals surface area contributed by atoms with E-state index in [0.29, 0.717) is 18.1 Å². The number of rotatable bonds is 5. The van der Waals surface area contributed by atoms with Crippen molar-refractivity contribution in [2.24, 2.45) is 5.41 Å². The average molecular weight is 210 g/mol. The van der Waals surface area contributed by atoms with Crippen LogP contribution in [-0.2, 0) is 11.3 Å². The lowest BCUT2D eigenvalue weighted by molar-refractivity contribution is 0.0794. The van der Waals surface area contributed by atoms with E-state index in [0.717, 1.165) is 6.42 Å². The van der Waals surface area contributed by atoms with E-state index in [-0.39, 0.29) is 11.2 Å². The van der Waals surface area contributed by atoms with Crippen LogP contribution in [-0.4, -0.2) is 12.9 Å². The number of Topliss-reactive ketones (excluding diaryl/α,β-unsaturated/α-hetero) is 1. The molecule has 15 heavy (non-hydrogen) atoms. The van der Waals surface area contributed by atoms with Gasteiger partial charge in [0.2, 0.25) is 5.78 Å². The zero-order valence-electron chi connectivity index (χ0n) is 9.79. The van der Waals surface area contributed by atoms with Crippen LogP contribution in [0.15, 0.2) is 16.5 Å². The van der Waals surface area contributed by atoms with Gasteiger partial charge in [-0.3, -0.25) is 4.79 Å². The molecule has 3 heteroatoms. The molecule has 0 spiro atoms. The number of ketones is 1. The first-order valence-electron chi connectivity index (χ1n) is 5.13. The first kappa shape index (κ1) is 12.0. The van der Waals surface area contributed by atoms with Crippen LogP contribution in [0.5, 0.6) is 0 Å². The number of carbonyl (C=O) groups is 1. The summed E-state index contributed by atoms with van der Waals surface area (Å²) in [5, 5.41) is 0. The minimum atomic E-state index is -0.359.